The monoisotopic (exact) mass is 660 g/mol. The van der Waals surface area contributed by atoms with Gasteiger partial charge in [-0.1, -0.05) is 67.4 Å². The maximum Gasteiger partial charge on any atom is 0.226 e. The van der Waals surface area contributed by atoms with Crippen LogP contribution in [-0.4, -0.2) is 38.1 Å². The van der Waals surface area contributed by atoms with Crippen molar-refractivity contribution in [2.45, 2.75) is 59.7 Å². The number of nitrogens with one attached hydrogen (secondary N) is 2. The van der Waals surface area contributed by atoms with Crippen LogP contribution in [-0.2, 0) is 24.3 Å². The molecule has 234 valence electrons. The number of halogens is 2. The number of thiocarbonyl (C=S) groups is 1. The van der Waals surface area contributed by atoms with Gasteiger partial charge in [0.15, 0.2) is 5.11 Å². The number of carbonyl (C=O) groups excluding carboxylic acids is 1. The van der Waals surface area contributed by atoms with Gasteiger partial charge in [-0.15, -0.1) is 0 Å². The summed E-state index contributed by atoms with van der Waals surface area (Å²) in [5.41, 5.74) is 6.53. The molecule has 1 aromatic heterocycles. The summed E-state index contributed by atoms with van der Waals surface area (Å²) in [6.07, 6.45) is 4.37. The molecule has 2 N–H and O–H groups in total. The van der Waals surface area contributed by atoms with Crippen LogP contribution in [0.15, 0.2) is 73.2 Å². The van der Waals surface area contributed by atoms with Crippen LogP contribution in [0.4, 0.5) is 5.69 Å². The molecule has 1 heterocycles. The third kappa shape index (κ3) is 9.79. The number of anilines is 1. The Morgan fingerprint density at radius 2 is 1.84 bits per heavy atom. The Labute approximate surface area is 281 Å². The summed E-state index contributed by atoms with van der Waals surface area (Å²) in [5.74, 6) is 0.228. The van der Waals surface area contributed by atoms with Crippen LogP contribution in [0.1, 0.15) is 53.8 Å². The van der Waals surface area contributed by atoms with Crippen molar-refractivity contribution in [3.8, 4) is 6.07 Å². The van der Waals surface area contributed by atoms with E-state index in [4.69, 9.17) is 40.7 Å². The number of nitriles is 1. The van der Waals surface area contributed by atoms with Gasteiger partial charge in [0.05, 0.1) is 34.4 Å². The first-order chi connectivity index (χ1) is 21.5. The topological polar surface area (TPSA) is 86.0 Å². The van der Waals surface area contributed by atoms with E-state index in [-0.39, 0.29) is 18.4 Å². The summed E-state index contributed by atoms with van der Waals surface area (Å²) in [7, 11) is 0. The molecule has 0 saturated carbocycles. The molecule has 4 rings (SSSR count). The molecular weight excluding hydrogens is 623 g/mol. The van der Waals surface area contributed by atoms with Crippen molar-refractivity contribution in [3.63, 3.8) is 0 Å². The largest absolute Gasteiger partial charge is 0.351 e. The van der Waals surface area contributed by atoms with Gasteiger partial charge in [-0.3, -0.25) is 4.79 Å². The number of benzene rings is 3. The standard InChI is InChI=1S/C35H38Cl2N6OS/c1-23(2)14-30(40-33(44)16-31-18-39-22-43(31)19-27-11-9-26(17-38)10-12-27)21-42(20-28-6-5-7-32(36)34(28)37)35(45)41-29-13-8-24(3)25(4)15-29/h5-13,15,18,22-23,30H,14,16,19-21H2,1-4H3,(H,40,44)(H,41,45)/t30-/m0/s1. The van der Waals surface area contributed by atoms with Gasteiger partial charge in [-0.25, -0.2) is 4.98 Å². The number of rotatable bonds is 12. The summed E-state index contributed by atoms with van der Waals surface area (Å²) >= 11 is 18.9. The Kier molecular flexibility index (Phi) is 12.0. The van der Waals surface area contributed by atoms with Crippen molar-refractivity contribution in [2.24, 2.45) is 5.92 Å². The first kappa shape index (κ1) is 34.0. The quantitative estimate of drug-likeness (QED) is 0.152. The SMILES string of the molecule is Cc1ccc(NC(=S)N(Cc2cccc(Cl)c2Cl)C[C@H](CC(C)C)NC(=O)Cc2cncn2Cc2ccc(C#N)cc2)cc1C. The number of amides is 1. The van der Waals surface area contributed by atoms with Gasteiger partial charge in [0.25, 0.3) is 0 Å². The lowest BCUT2D eigenvalue weighted by atomic mass is 10.0. The fourth-order valence-corrected chi connectivity index (χ4v) is 5.73. The van der Waals surface area contributed by atoms with Gasteiger partial charge in [0.1, 0.15) is 0 Å². The highest BCUT2D eigenvalue weighted by molar-refractivity contribution is 7.80. The van der Waals surface area contributed by atoms with Crippen LogP contribution < -0.4 is 10.6 Å². The van der Waals surface area contributed by atoms with E-state index in [0.29, 0.717) is 46.3 Å². The Morgan fingerprint density at radius 1 is 1.09 bits per heavy atom. The van der Waals surface area contributed by atoms with Crippen molar-refractivity contribution < 1.29 is 4.79 Å². The van der Waals surface area contributed by atoms with E-state index in [2.05, 4.69) is 61.5 Å². The minimum Gasteiger partial charge on any atom is -0.351 e. The van der Waals surface area contributed by atoms with Crippen LogP contribution in [0.5, 0.6) is 0 Å². The number of aryl methyl sites for hydroxylation is 2. The molecule has 1 amide bonds. The van der Waals surface area contributed by atoms with Crippen LogP contribution >= 0.6 is 35.4 Å². The van der Waals surface area contributed by atoms with Crippen molar-refractivity contribution in [1.29, 1.82) is 5.26 Å². The van der Waals surface area contributed by atoms with Crippen LogP contribution in [0, 0.1) is 31.1 Å². The second kappa shape index (κ2) is 15.9. The van der Waals surface area contributed by atoms with Crippen LogP contribution in [0.3, 0.4) is 0 Å². The van der Waals surface area contributed by atoms with Crippen molar-refractivity contribution in [1.82, 2.24) is 19.8 Å². The van der Waals surface area contributed by atoms with Gasteiger partial charge < -0.3 is 20.1 Å². The summed E-state index contributed by atoms with van der Waals surface area (Å²) in [6, 6.07) is 21.1. The highest BCUT2D eigenvalue weighted by atomic mass is 35.5. The van der Waals surface area contributed by atoms with E-state index in [9.17, 15) is 4.79 Å². The van der Waals surface area contributed by atoms with Crippen LogP contribution in [0.2, 0.25) is 10.0 Å². The zero-order valence-corrected chi connectivity index (χ0v) is 28.3. The third-order valence-electron chi connectivity index (χ3n) is 7.58. The van der Waals surface area contributed by atoms with E-state index < -0.39 is 0 Å². The first-order valence-corrected chi connectivity index (χ1v) is 16.0. The zero-order chi connectivity index (χ0) is 32.5. The maximum atomic E-state index is 13.5. The third-order valence-corrected chi connectivity index (χ3v) is 8.79. The highest BCUT2D eigenvalue weighted by Gasteiger charge is 2.22. The molecule has 0 aliphatic heterocycles. The second-order valence-corrected chi connectivity index (χ2v) is 12.9. The number of imidazole rings is 1. The van der Waals surface area contributed by atoms with E-state index in [1.54, 1.807) is 30.7 Å². The molecule has 0 unspecified atom stereocenters. The lowest BCUT2D eigenvalue weighted by molar-refractivity contribution is -0.121. The number of hydrogen-bond acceptors (Lipinski definition) is 4. The smallest absolute Gasteiger partial charge is 0.226 e. The molecule has 0 spiro atoms. The molecule has 0 saturated heterocycles. The lowest BCUT2D eigenvalue weighted by Crippen LogP contribution is -2.47. The molecule has 0 radical (unpaired) electrons. The molecule has 45 heavy (non-hydrogen) atoms. The number of hydrogen-bond donors (Lipinski definition) is 2. The summed E-state index contributed by atoms with van der Waals surface area (Å²) in [5, 5.41) is 17.2. The highest BCUT2D eigenvalue weighted by Crippen LogP contribution is 2.27. The Hall–Kier alpha value is -3.90. The minimum absolute atomic E-state index is 0.101. The summed E-state index contributed by atoms with van der Waals surface area (Å²) < 4.78 is 1.95. The second-order valence-electron chi connectivity index (χ2n) is 11.7. The molecule has 7 nitrogen and oxygen atoms in total. The summed E-state index contributed by atoms with van der Waals surface area (Å²) in [4.78, 5) is 19.8. The fraction of sp³-hybridized carbons (Fsp3) is 0.314. The van der Waals surface area contributed by atoms with Gasteiger partial charge >= 0.3 is 0 Å². The number of nitrogens with zero attached hydrogens (tertiary/aromatic N) is 4. The molecule has 0 aliphatic rings. The Morgan fingerprint density at radius 3 is 2.53 bits per heavy atom. The molecule has 0 aliphatic carbocycles. The van der Waals surface area contributed by atoms with E-state index in [1.807, 2.05) is 39.8 Å². The Balaban J connectivity index is 1.51. The molecular formula is C35H38Cl2N6OS. The normalized spacial score (nSPS) is 11.6. The van der Waals surface area contributed by atoms with Crippen LogP contribution in [0.25, 0.3) is 0 Å². The predicted octanol–water partition coefficient (Wildman–Crippen LogP) is 7.70. The molecule has 1 atom stereocenters. The average molecular weight is 662 g/mol. The van der Waals surface area contributed by atoms with Gasteiger partial charge in [-0.05, 0) is 91.0 Å². The van der Waals surface area contributed by atoms with E-state index >= 15 is 0 Å². The molecule has 0 bridgehead atoms. The molecule has 4 aromatic rings. The van der Waals surface area contributed by atoms with Gasteiger partial charge in [0.2, 0.25) is 5.91 Å². The minimum atomic E-state index is -0.190. The average Bonchev–Trinajstić information content (AvgIpc) is 3.42. The fourth-order valence-electron chi connectivity index (χ4n) is 5.09. The van der Waals surface area contributed by atoms with Crippen molar-refractivity contribution >= 4 is 52.1 Å². The van der Waals surface area contributed by atoms with E-state index in [1.165, 1.54) is 5.56 Å². The number of carbonyl (C=O) groups is 1. The molecule has 10 heteroatoms. The van der Waals surface area contributed by atoms with Gasteiger partial charge in [-0.2, -0.15) is 5.26 Å². The summed E-state index contributed by atoms with van der Waals surface area (Å²) in [6.45, 7) is 9.84. The van der Waals surface area contributed by atoms with E-state index in [0.717, 1.165) is 34.5 Å². The zero-order valence-electron chi connectivity index (χ0n) is 26.0. The van der Waals surface area contributed by atoms with Gasteiger partial charge in [0, 0.05) is 43.3 Å². The van der Waals surface area contributed by atoms with Crippen molar-refractivity contribution in [2.75, 3.05) is 11.9 Å². The lowest BCUT2D eigenvalue weighted by Gasteiger charge is -2.32. The Bertz CT molecular complexity index is 1680. The molecule has 0 fully saturated rings. The first-order valence-electron chi connectivity index (χ1n) is 14.9. The predicted molar refractivity (Wildman–Crippen MR) is 187 cm³/mol. The van der Waals surface area contributed by atoms with Crippen molar-refractivity contribution in [3.05, 3.63) is 117 Å². The number of aromatic nitrogens is 2. The maximum absolute atomic E-state index is 13.5. The molecule has 3 aromatic carbocycles.